The van der Waals surface area contributed by atoms with Crippen LogP contribution in [0, 0.1) is 5.92 Å². The Morgan fingerprint density at radius 3 is 1.80 bits per heavy atom. The van der Waals surface area contributed by atoms with Crippen LogP contribution in [0.2, 0.25) is 0 Å². The van der Waals surface area contributed by atoms with Gasteiger partial charge in [-0.1, -0.05) is 27.2 Å². The van der Waals surface area contributed by atoms with Crippen LogP contribution in [-0.4, -0.2) is 22.2 Å². The standard InChI is InChI=1S/C11H18O4/c1-4-5-8(10(12)13)9(11(14)15)6-7(2)3/h7H,4-6H2,1-3H3,(H,12,13)(H,14,15). The Balaban J connectivity index is 5.15. The van der Waals surface area contributed by atoms with E-state index in [1.807, 2.05) is 20.8 Å². The summed E-state index contributed by atoms with van der Waals surface area (Å²) >= 11 is 0. The molecular formula is C11H18O4. The van der Waals surface area contributed by atoms with Gasteiger partial charge in [-0.05, 0) is 18.8 Å². The van der Waals surface area contributed by atoms with Crippen molar-refractivity contribution in [3.8, 4) is 0 Å². The van der Waals surface area contributed by atoms with Crippen LogP contribution in [0.25, 0.3) is 0 Å². The Morgan fingerprint density at radius 2 is 1.53 bits per heavy atom. The molecule has 0 aliphatic rings. The molecule has 0 saturated carbocycles. The highest BCUT2D eigenvalue weighted by atomic mass is 16.4. The molecule has 0 aliphatic carbocycles. The zero-order valence-corrected chi connectivity index (χ0v) is 9.41. The summed E-state index contributed by atoms with van der Waals surface area (Å²) in [7, 11) is 0. The minimum absolute atomic E-state index is 0.0405. The number of aliphatic carboxylic acids is 2. The van der Waals surface area contributed by atoms with Crippen molar-refractivity contribution in [3.63, 3.8) is 0 Å². The first-order valence-corrected chi connectivity index (χ1v) is 5.08. The van der Waals surface area contributed by atoms with Gasteiger partial charge in [0.1, 0.15) is 0 Å². The topological polar surface area (TPSA) is 74.6 Å². The first-order valence-electron chi connectivity index (χ1n) is 5.08. The molecule has 0 atom stereocenters. The Hall–Kier alpha value is -1.32. The van der Waals surface area contributed by atoms with Crippen molar-refractivity contribution in [1.29, 1.82) is 0 Å². The van der Waals surface area contributed by atoms with Crippen LogP contribution < -0.4 is 0 Å². The average Bonchev–Trinajstić information content (AvgIpc) is 2.09. The summed E-state index contributed by atoms with van der Waals surface area (Å²) in [6.45, 7) is 5.57. The highest BCUT2D eigenvalue weighted by molar-refractivity contribution is 5.98. The summed E-state index contributed by atoms with van der Waals surface area (Å²) in [5.74, 6) is -2.09. The normalized spacial score (nSPS) is 12.5. The van der Waals surface area contributed by atoms with E-state index in [-0.39, 0.29) is 17.1 Å². The van der Waals surface area contributed by atoms with Crippen molar-refractivity contribution in [2.75, 3.05) is 0 Å². The van der Waals surface area contributed by atoms with E-state index in [1.54, 1.807) is 0 Å². The predicted molar refractivity (Wildman–Crippen MR) is 56.7 cm³/mol. The lowest BCUT2D eigenvalue weighted by Crippen LogP contribution is -2.13. The second-order valence-corrected chi connectivity index (χ2v) is 3.92. The van der Waals surface area contributed by atoms with Crippen LogP contribution in [-0.2, 0) is 9.59 Å². The van der Waals surface area contributed by atoms with Gasteiger partial charge in [0.2, 0.25) is 0 Å². The van der Waals surface area contributed by atoms with Gasteiger partial charge in [-0.3, -0.25) is 0 Å². The van der Waals surface area contributed by atoms with Crippen LogP contribution in [0.15, 0.2) is 11.1 Å². The van der Waals surface area contributed by atoms with Gasteiger partial charge in [0.15, 0.2) is 0 Å². The maximum Gasteiger partial charge on any atom is 0.332 e. The minimum Gasteiger partial charge on any atom is -0.478 e. The quantitative estimate of drug-likeness (QED) is 0.665. The van der Waals surface area contributed by atoms with Crippen LogP contribution in [0.5, 0.6) is 0 Å². The van der Waals surface area contributed by atoms with Gasteiger partial charge in [-0.25, -0.2) is 9.59 Å². The molecule has 4 nitrogen and oxygen atoms in total. The van der Waals surface area contributed by atoms with Crippen LogP contribution in [0.1, 0.15) is 40.0 Å². The molecule has 0 unspecified atom stereocenters. The van der Waals surface area contributed by atoms with Gasteiger partial charge >= 0.3 is 11.9 Å². The Kier molecular flexibility index (Phi) is 5.67. The van der Waals surface area contributed by atoms with Gasteiger partial charge in [-0.15, -0.1) is 0 Å². The molecule has 0 aromatic rings. The van der Waals surface area contributed by atoms with Crippen molar-refractivity contribution in [1.82, 2.24) is 0 Å². The van der Waals surface area contributed by atoms with Gasteiger partial charge in [0.05, 0.1) is 0 Å². The second-order valence-electron chi connectivity index (χ2n) is 3.92. The fraction of sp³-hybridized carbons (Fsp3) is 0.636. The van der Waals surface area contributed by atoms with E-state index in [9.17, 15) is 9.59 Å². The second kappa shape index (κ2) is 6.22. The van der Waals surface area contributed by atoms with E-state index >= 15 is 0 Å². The first kappa shape index (κ1) is 13.7. The Labute approximate surface area is 89.6 Å². The van der Waals surface area contributed by atoms with Crippen molar-refractivity contribution in [3.05, 3.63) is 11.1 Å². The molecule has 0 aromatic carbocycles. The lowest BCUT2D eigenvalue weighted by molar-refractivity contribution is -0.136. The average molecular weight is 214 g/mol. The number of hydrogen-bond acceptors (Lipinski definition) is 2. The molecular weight excluding hydrogens is 196 g/mol. The van der Waals surface area contributed by atoms with Crippen molar-refractivity contribution in [2.45, 2.75) is 40.0 Å². The van der Waals surface area contributed by atoms with Gasteiger partial charge in [0, 0.05) is 11.1 Å². The van der Waals surface area contributed by atoms with Crippen LogP contribution in [0.4, 0.5) is 0 Å². The SMILES string of the molecule is CCCC(C(=O)O)=C(CC(C)C)C(=O)O. The number of carbonyl (C=O) groups is 2. The first-order chi connectivity index (χ1) is 6.90. The molecule has 0 fully saturated rings. The van der Waals surface area contributed by atoms with Crippen molar-refractivity contribution in [2.24, 2.45) is 5.92 Å². The summed E-state index contributed by atoms with van der Waals surface area (Å²) in [5, 5.41) is 17.9. The molecule has 0 rings (SSSR count). The van der Waals surface area contributed by atoms with Crippen LogP contribution >= 0.6 is 0 Å². The highest BCUT2D eigenvalue weighted by Crippen LogP contribution is 2.19. The maximum absolute atomic E-state index is 10.9. The molecule has 4 heteroatoms. The fourth-order valence-electron chi connectivity index (χ4n) is 1.38. The van der Waals surface area contributed by atoms with Gasteiger partial charge < -0.3 is 10.2 Å². The number of rotatable bonds is 6. The van der Waals surface area contributed by atoms with Crippen molar-refractivity contribution < 1.29 is 19.8 Å². The summed E-state index contributed by atoms with van der Waals surface area (Å²) < 4.78 is 0. The summed E-state index contributed by atoms with van der Waals surface area (Å²) in [6, 6.07) is 0. The smallest absolute Gasteiger partial charge is 0.332 e. The van der Waals surface area contributed by atoms with Gasteiger partial charge in [0.25, 0.3) is 0 Å². The Morgan fingerprint density at radius 1 is 1.07 bits per heavy atom. The lowest BCUT2D eigenvalue weighted by atomic mass is 9.95. The van der Waals surface area contributed by atoms with Gasteiger partial charge in [-0.2, -0.15) is 0 Å². The molecule has 15 heavy (non-hydrogen) atoms. The van der Waals surface area contributed by atoms with Crippen molar-refractivity contribution >= 4 is 11.9 Å². The molecule has 0 spiro atoms. The third kappa shape index (κ3) is 4.63. The maximum atomic E-state index is 10.9. The molecule has 0 amide bonds. The van der Waals surface area contributed by atoms with E-state index < -0.39 is 11.9 Å². The summed E-state index contributed by atoms with van der Waals surface area (Å²) in [6.07, 6.45) is 1.25. The molecule has 86 valence electrons. The minimum atomic E-state index is -1.12. The lowest BCUT2D eigenvalue weighted by Gasteiger charge is -2.10. The zero-order chi connectivity index (χ0) is 12.0. The van der Waals surface area contributed by atoms with E-state index in [4.69, 9.17) is 10.2 Å². The summed E-state index contributed by atoms with van der Waals surface area (Å²) in [5.41, 5.74) is 0.0815. The van der Waals surface area contributed by atoms with E-state index in [1.165, 1.54) is 0 Å². The predicted octanol–water partition coefficient (Wildman–Crippen LogP) is 2.30. The highest BCUT2D eigenvalue weighted by Gasteiger charge is 2.19. The van der Waals surface area contributed by atoms with E-state index in [2.05, 4.69) is 0 Å². The fourth-order valence-corrected chi connectivity index (χ4v) is 1.38. The molecule has 0 saturated heterocycles. The van der Waals surface area contributed by atoms with E-state index in [0.717, 1.165) is 0 Å². The number of carboxylic acid groups (broad SMARTS) is 2. The van der Waals surface area contributed by atoms with E-state index in [0.29, 0.717) is 19.3 Å². The third-order valence-corrected chi connectivity index (χ3v) is 1.99. The number of carboxylic acids is 2. The third-order valence-electron chi connectivity index (χ3n) is 1.99. The molecule has 2 N–H and O–H groups in total. The molecule has 0 radical (unpaired) electrons. The zero-order valence-electron chi connectivity index (χ0n) is 9.41. The molecule has 0 bridgehead atoms. The molecule has 0 aromatic heterocycles. The largest absolute Gasteiger partial charge is 0.478 e. The molecule has 0 aliphatic heterocycles. The monoisotopic (exact) mass is 214 g/mol. The summed E-state index contributed by atoms with van der Waals surface area (Å²) in [4.78, 5) is 21.8. The van der Waals surface area contributed by atoms with Crippen LogP contribution in [0.3, 0.4) is 0 Å². The molecule has 0 heterocycles. The Bertz CT molecular complexity index is 276. The number of hydrogen-bond donors (Lipinski definition) is 2.